The summed E-state index contributed by atoms with van der Waals surface area (Å²) in [7, 11) is 0. The quantitative estimate of drug-likeness (QED) is 0.620. The predicted octanol–water partition coefficient (Wildman–Crippen LogP) is 5.55. The summed E-state index contributed by atoms with van der Waals surface area (Å²) in [5.41, 5.74) is 5.22. The van der Waals surface area contributed by atoms with E-state index >= 15 is 0 Å². The van der Waals surface area contributed by atoms with Crippen molar-refractivity contribution in [2.45, 2.75) is 33.7 Å². The van der Waals surface area contributed by atoms with E-state index in [-0.39, 0.29) is 5.82 Å². The second-order valence-corrected chi connectivity index (χ2v) is 6.21. The third-order valence-corrected chi connectivity index (χ3v) is 4.20. The van der Waals surface area contributed by atoms with Crippen LogP contribution in [0.1, 0.15) is 31.0 Å². The van der Waals surface area contributed by atoms with Crippen molar-refractivity contribution >= 4 is 0 Å². The fourth-order valence-corrected chi connectivity index (χ4v) is 3.10. The van der Waals surface area contributed by atoms with Crippen LogP contribution in [0.15, 0.2) is 48.8 Å². The van der Waals surface area contributed by atoms with Crippen LogP contribution in [0.3, 0.4) is 0 Å². The molecule has 0 radical (unpaired) electrons. The number of halogens is 1. The Bertz CT molecular complexity index is 826. The van der Waals surface area contributed by atoms with E-state index in [1.54, 1.807) is 12.3 Å². The van der Waals surface area contributed by atoms with Gasteiger partial charge in [-0.05, 0) is 68.1 Å². The molecule has 3 rings (SSSR count). The molecule has 0 saturated carbocycles. The molecule has 0 N–H and O–H groups in total. The van der Waals surface area contributed by atoms with Crippen LogP contribution in [-0.4, -0.2) is 9.55 Å². The van der Waals surface area contributed by atoms with Gasteiger partial charge in [0.25, 0.3) is 0 Å². The Morgan fingerprint density at radius 3 is 2.35 bits per heavy atom. The summed E-state index contributed by atoms with van der Waals surface area (Å²) in [4.78, 5) is 4.52. The predicted molar refractivity (Wildman–Crippen MR) is 92.9 cm³/mol. The molecular formula is C20H21FN2. The maximum absolute atomic E-state index is 14.0. The molecule has 23 heavy (non-hydrogen) atoms. The van der Waals surface area contributed by atoms with Gasteiger partial charge in [0.15, 0.2) is 0 Å². The average Bonchev–Trinajstić information content (AvgIpc) is 2.97. The largest absolute Gasteiger partial charge is 0.328 e. The second-order valence-electron chi connectivity index (χ2n) is 6.21. The average molecular weight is 308 g/mol. The zero-order valence-electron chi connectivity index (χ0n) is 14.0. The number of imidazole rings is 1. The lowest BCUT2D eigenvalue weighted by atomic mass is 9.92. The fraction of sp³-hybridized carbons (Fsp3) is 0.250. The first-order valence-corrected chi connectivity index (χ1v) is 7.88. The SMILES string of the molecule is Cc1cccc(C)c1-c1cc(F)ccc1-c1nccn1C(C)C. The Hall–Kier alpha value is -2.42. The summed E-state index contributed by atoms with van der Waals surface area (Å²) >= 11 is 0. The molecule has 118 valence electrons. The summed E-state index contributed by atoms with van der Waals surface area (Å²) in [6, 6.07) is 11.4. The van der Waals surface area contributed by atoms with Gasteiger partial charge in [-0.25, -0.2) is 9.37 Å². The first kappa shape index (κ1) is 15.5. The smallest absolute Gasteiger partial charge is 0.140 e. The Labute approximate surface area is 136 Å². The van der Waals surface area contributed by atoms with E-state index in [0.29, 0.717) is 6.04 Å². The maximum atomic E-state index is 14.0. The van der Waals surface area contributed by atoms with Crippen LogP contribution in [0, 0.1) is 19.7 Å². The van der Waals surface area contributed by atoms with Crippen molar-refractivity contribution in [1.82, 2.24) is 9.55 Å². The molecular weight excluding hydrogens is 287 g/mol. The van der Waals surface area contributed by atoms with Gasteiger partial charge in [0.05, 0.1) is 0 Å². The molecule has 0 fully saturated rings. The van der Waals surface area contributed by atoms with Crippen molar-refractivity contribution in [2.75, 3.05) is 0 Å². The molecule has 0 atom stereocenters. The van der Waals surface area contributed by atoms with Crippen LogP contribution in [-0.2, 0) is 0 Å². The van der Waals surface area contributed by atoms with Crippen LogP contribution < -0.4 is 0 Å². The van der Waals surface area contributed by atoms with Crippen LogP contribution >= 0.6 is 0 Å². The van der Waals surface area contributed by atoms with E-state index < -0.39 is 0 Å². The standard InChI is InChI=1S/C20H21FN2/c1-13(2)23-11-10-22-20(23)17-9-8-16(21)12-18(17)19-14(3)6-5-7-15(19)4/h5-13H,1-4H3. The minimum absolute atomic E-state index is 0.228. The van der Waals surface area contributed by atoms with Crippen molar-refractivity contribution in [3.05, 3.63) is 65.7 Å². The third kappa shape index (κ3) is 2.79. The molecule has 0 aliphatic heterocycles. The highest BCUT2D eigenvalue weighted by Crippen LogP contribution is 2.36. The van der Waals surface area contributed by atoms with Crippen molar-refractivity contribution in [3.8, 4) is 22.5 Å². The van der Waals surface area contributed by atoms with Crippen molar-refractivity contribution < 1.29 is 4.39 Å². The number of aryl methyl sites for hydroxylation is 2. The van der Waals surface area contributed by atoms with Gasteiger partial charge in [0.1, 0.15) is 11.6 Å². The number of aromatic nitrogens is 2. The molecule has 3 aromatic rings. The van der Waals surface area contributed by atoms with Crippen LogP contribution in [0.2, 0.25) is 0 Å². The zero-order chi connectivity index (χ0) is 16.6. The topological polar surface area (TPSA) is 17.8 Å². The van der Waals surface area contributed by atoms with Crippen molar-refractivity contribution in [3.63, 3.8) is 0 Å². The molecule has 0 aliphatic carbocycles. The number of hydrogen-bond acceptors (Lipinski definition) is 1. The van der Waals surface area contributed by atoms with E-state index in [9.17, 15) is 4.39 Å². The van der Waals surface area contributed by atoms with Crippen molar-refractivity contribution in [2.24, 2.45) is 0 Å². The Balaban J connectivity index is 2.30. The molecule has 0 bridgehead atoms. The summed E-state index contributed by atoms with van der Waals surface area (Å²) in [5, 5.41) is 0. The number of hydrogen-bond donors (Lipinski definition) is 0. The molecule has 0 spiro atoms. The highest BCUT2D eigenvalue weighted by molar-refractivity contribution is 5.84. The lowest BCUT2D eigenvalue weighted by molar-refractivity contribution is 0.606. The summed E-state index contributed by atoms with van der Waals surface area (Å²) in [6.45, 7) is 8.36. The molecule has 0 amide bonds. The molecule has 1 aromatic heterocycles. The van der Waals surface area contributed by atoms with Gasteiger partial charge in [-0.15, -0.1) is 0 Å². The number of benzene rings is 2. The Morgan fingerprint density at radius 1 is 1.00 bits per heavy atom. The van der Waals surface area contributed by atoms with Crippen molar-refractivity contribution in [1.29, 1.82) is 0 Å². The molecule has 0 saturated heterocycles. The molecule has 2 aromatic carbocycles. The molecule has 2 nitrogen and oxygen atoms in total. The van der Waals surface area contributed by atoms with Crippen LogP contribution in [0.4, 0.5) is 4.39 Å². The van der Waals surface area contributed by atoms with Crippen LogP contribution in [0.25, 0.3) is 22.5 Å². The van der Waals surface area contributed by atoms with E-state index in [2.05, 4.69) is 49.4 Å². The maximum Gasteiger partial charge on any atom is 0.140 e. The Morgan fingerprint density at radius 2 is 1.70 bits per heavy atom. The summed E-state index contributed by atoms with van der Waals surface area (Å²) in [5.74, 6) is 0.645. The van der Waals surface area contributed by atoms with Gasteiger partial charge < -0.3 is 4.57 Å². The van der Waals surface area contributed by atoms with Gasteiger partial charge in [-0.1, -0.05) is 18.2 Å². The van der Waals surface area contributed by atoms with Gasteiger partial charge in [-0.2, -0.15) is 0 Å². The lowest BCUT2D eigenvalue weighted by Gasteiger charge is -2.17. The van der Waals surface area contributed by atoms with E-state index in [1.807, 2.05) is 18.3 Å². The highest BCUT2D eigenvalue weighted by Gasteiger charge is 2.17. The normalized spacial score (nSPS) is 11.2. The Kier molecular flexibility index (Phi) is 4.03. The molecule has 0 aliphatic rings. The monoisotopic (exact) mass is 308 g/mol. The minimum atomic E-state index is -0.228. The first-order valence-electron chi connectivity index (χ1n) is 7.88. The lowest BCUT2D eigenvalue weighted by Crippen LogP contribution is -2.03. The van der Waals surface area contributed by atoms with E-state index in [1.165, 1.54) is 6.07 Å². The fourth-order valence-electron chi connectivity index (χ4n) is 3.10. The van der Waals surface area contributed by atoms with E-state index in [4.69, 9.17) is 0 Å². The molecule has 0 unspecified atom stereocenters. The van der Waals surface area contributed by atoms with E-state index in [0.717, 1.165) is 33.6 Å². The number of nitrogens with zero attached hydrogens (tertiary/aromatic N) is 2. The summed E-state index contributed by atoms with van der Waals surface area (Å²) < 4.78 is 16.1. The molecule has 3 heteroatoms. The van der Waals surface area contributed by atoms with Gasteiger partial charge in [0, 0.05) is 24.0 Å². The zero-order valence-corrected chi connectivity index (χ0v) is 14.0. The van der Waals surface area contributed by atoms with Gasteiger partial charge in [-0.3, -0.25) is 0 Å². The summed E-state index contributed by atoms with van der Waals surface area (Å²) in [6.07, 6.45) is 3.77. The van der Waals surface area contributed by atoms with Crippen LogP contribution in [0.5, 0.6) is 0 Å². The molecule has 1 heterocycles. The first-order chi connectivity index (χ1) is 11.0. The van der Waals surface area contributed by atoms with Gasteiger partial charge in [0.2, 0.25) is 0 Å². The highest BCUT2D eigenvalue weighted by atomic mass is 19.1. The number of rotatable bonds is 3. The second kappa shape index (κ2) is 5.99. The minimum Gasteiger partial charge on any atom is -0.328 e. The third-order valence-electron chi connectivity index (χ3n) is 4.20. The van der Waals surface area contributed by atoms with Gasteiger partial charge >= 0.3 is 0 Å².